The van der Waals surface area contributed by atoms with Crippen molar-refractivity contribution in [3.8, 4) is 5.75 Å². The summed E-state index contributed by atoms with van der Waals surface area (Å²) in [4.78, 5) is 10.4. The van der Waals surface area contributed by atoms with E-state index in [0.29, 0.717) is 24.6 Å². The number of nitrogens with zero attached hydrogens (tertiary/aromatic N) is 1. The fourth-order valence-corrected chi connectivity index (χ4v) is 2.07. The molecule has 2 N–H and O–H groups in total. The lowest BCUT2D eigenvalue weighted by molar-refractivity contribution is -0.384. The van der Waals surface area contributed by atoms with Crippen molar-refractivity contribution in [3.63, 3.8) is 0 Å². The van der Waals surface area contributed by atoms with Gasteiger partial charge in [0.05, 0.1) is 12.0 Å². The van der Waals surface area contributed by atoms with E-state index < -0.39 is 4.92 Å². The van der Waals surface area contributed by atoms with Gasteiger partial charge in [-0.25, -0.2) is 0 Å². The molecule has 1 aromatic rings. The van der Waals surface area contributed by atoms with E-state index in [1.165, 1.54) is 19.2 Å². The van der Waals surface area contributed by atoms with Gasteiger partial charge in [0.25, 0.3) is 5.69 Å². The van der Waals surface area contributed by atoms with Gasteiger partial charge in [0.1, 0.15) is 5.75 Å². The molecule has 1 unspecified atom stereocenters. The average Bonchev–Trinajstić information content (AvgIpc) is 2.42. The van der Waals surface area contributed by atoms with Gasteiger partial charge in [-0.15, -0.1) is 0 Å². The average molecular weight is 282 g/mol. The van der Waals surface area contributed by atoms with Crippen LogP contribution in [0.15, 0.2) is 18.2 Å². The van der Waals surface area contributed by atoms with Crippen molar-refractivity contribution in [3.05, 3.63) is 33.9 Å². The highest BCUT2D eigenvalue weighted by Crippen LogP contribution is 2.24. The van der Waals surface area contributed by atoms with Crippen molar-refractivity contribution in [2.75, 3.05) is 13.7 Å². The summed E-state index contributed by atoms with van der Waals surface area (Å²) in [5, 5.41) is 23.2. The summed E-state index contributed by atoms with van der Waals surface area (Å²) < 4.78 is 5.22. The fraction of sp³-hybridized carbons (Fsp3) is 0.571. The van der Waals surface area contributed by atoms with Crippen LogP contribution in [0.1, 0.15) is 25.8 Å². The third-order valence-corrected chi connectivity index (χ3v) is 3.27. The first-order valence-corrected chi connectivity index (χ1v) is 6.65. The quantitative estimate of drug-likeness (QED) is 0.563. The molecule has 0 heterocycles. The molecule has 0 aromatic heterocycles. The predicted octanol–water partition coefficient (Wildman–Crippen LogP) is 2.10. The first kappa shape index (κ1) is 16.4. The van der Waals surface area contributed by atoms with Crippen LogP contribution in [0.5, 0.6) is 5.75 Å². The van der Waals surface area contributed by atoms with Gasteiger partial charge in [-0.3, -0.25) is 10.1 Å². The molecule has 0 radical (unpaired) electrons. The van der Waals surface area contributed by atoms with Crippen LogP contribution < -0.4 is 10.1 Å². The second-order valence-electron chi connectivity index (χ2n) is 5.00. The van der Waals surface area contributed by atoms with Crippen molar-refractivity contribution < 1.29 is 14.8 Å². The highest BCUT2D eigenvalue weighted by Gasteiger charge is 2.15. The molecule has 0 saturated heterocycles. The Morgan fingerprint density at radius 2 is 2.15 bits per heavy atom. The summed E-state index contributed by atoms with van der Waals surface area (Å²) in [6.45, 7) is 4.71. The van der Waals surface area contributed by atoms with Gasteiger partial charge in [-0.2, -0.15) is 0 Å². The van der Waals surface area contributed by atoms with E-state index in [1.807, 2.05) is 0 Å². The smallest absolute Gasteiger partial charge is 0.270 e. The molecule has 112 valence electrons. The van der Waals surface area contributed by atoms with Gasteiger partial charge in [-0.1, -0.05) is 13.8 Å². The molecule has 0 aliphatic rings. The summed E-state index contributed by atoms with van der Waals surface area (Å²) in [5.41, 5.74) is 0.788. The van der Waals surface area contributed by atoms with E-state index >= 15 is 0 Å². The predicted molar refractivity (Wildman–Crippen MR) is 76.8 cm³/mol. The van der Waals surface area contributed by atoms with Crippen molar-refractivity contribution in [1.82, 2.24) is 5.32 Å². The number of non-ortho nitro benzene ring substituents is 1. The summed E-state index contributed by atoms with van der Waals surface area (Å²) in [7, 11) is 1.54. The van der Waals surface area contributed by atoms with Crippen LogP contribution in [-0.2, 0) is 6.54 Å². The molecular formula is C14H22N2O4. The zero-order chi connectivity index (χ0) is 15.1. The molecule has 0 amide bonds. The van der Waals surface area contributed by atoms with Crippen LogP contribution in [0.3, 0.4) is 0 Å². The highest BCUT2D eigenvalue weighted by atomic mass is 16.6. The number of ether oxygens (including phenoxy) is 1. The number of benzene rings is 1. The number of nitro benzene ring substituents is 1. The van der Waals surface area contributed by atoms with Gasteiger partial charge in [0.15, 0.2) is 0 Å². The van der Waals surface area contributed by atoms with Crippen molar-refractivity contribution in [1.29, 1.82) is 0 Å². The lowest BCUT2D eigenvalue weighted by Crippen LogP contribution is -2.34. The van der Waals surface area contributed by atoms with Crippen LogP contribution in [0.2, 0.25) is 0 Å². The molecule has 0 fully saturated rings. The number of nitrogens with one attached hydrogen (secondary N) is 1. The Labute approximate surface area is 118 Å². The number of nitro groups is 1. The number of rotatable bonds is 8. The van der Waals surface area contributed by atoms with Crippen LogP contribution in [0.25, 0.3) is 0 Å². The zero-order valence-corrected chi connectivity index (χ0v) is 12.1. The Morgan fingerprint density at radius 3 is 2.65 bits per heavy atom. The second kappa shape index (κ2) is 7.81. The van der Waals surface area contributed by atoms with E-state index in [0.717, 1.165) is 5.56 Å². The Hall–Kier alpha value is -1.66. The minimum Gasteiger partial charge on any atom is -0.496 e. The number of aliphatic hydroxyl groups is 1. The second-order valence-corrected chi connectivity index (χ2v) is 5.00. The molecule has 0 aliphatic heterocycles. The van der Waals surface area contributed by atoms with Gasteiger partial charge < -0.3 is 15.2 Å². The van der Waals surface area contributed by atoms with Gasteiger partial charge in [0.2, 0.25) is 0 Å². The molecular weight excluding hydrogens is 260 g/mol. The molecule has 1 aromatic carbocycles. The van der Waals surface area contributed by atoms with E-state index in [-0.39, 0.29) is 18.3 Å². The zero-order valence-electron chi connectivity index (χ0n) is 12.1. The highest BCUT2D eigenvalue weighted by molar-refractivity contribution is 5.43. The van der Waals surface area contributed by atoms with Gasteiger partial charge in [-0.05, 0) is 18.4 Å². The van der Waals surface area contributed by atoms with E-state index in [1.54, 1.807) is 6.07 Å². The molecule has 1 atom stereocenters. The Kier molecular flexibility index (Phi) is 6.41. The summed E-state index contributed by atoms with van der Waals surface area (Å²) in [6, 6.07) is 4.70. The maximum Gasteiger partial charge on any atom is 0.270 e. The Morgan fingerprint density at radius 1 is 1.45 bits per heavy atom. The minimum absolute atomic E-state index is 0.0471. The van der Waals surface area contributed by atoms with Crippen LogP contribution in [0, 0.1) is 16.0 Å². The maximum absolute atomic E-state index is 10.8. The molecule has 0 aliphatic carbocycles. The number of hydrogen-bond acceptors (Lipinski definition) is 5. The number of hydrogen-bond donors (Lipinski definition) is 2. The topological polar surface area (TPSA) is 84.6 Å². The standard InChI is InChI=1S/C14H22N2O4/c1-10(2)13(6-7-17)15-9-11-8-12(16(18)19)4-5-14(11)20-3/h4-5,8,10,13,15,17H,6-7,9H2,1-3H3. The Balaban J connectivity index is 2.83. The normalized spacial score (nSPS) is 12.4. The third-order valence-electron chi connectivity index (χ3n) is 3.27. The van der Waals surface area contributed by atoms with Crippen molar-refractivity contribution in [2.45, 2.75) is 32.9 Å². The molecule has 6 nitrogen and oxygen atoms in total. The molecule has 20 heavy (non-hydrogen) atoms. The molecule has 1 rings (SSSR count). The summed E-state index contributed by atoms with van der Waals surface area (Å²) in [6.07, 6.45) is 0.648. The largest absolute Gasteiger partial charge is 0.496 e. The van der Waals surface area contributed by atoms with E-state index in [2.05, 4.69) is 19.2 Å². The van der Waals surface area contributed by atoms with E-state index in [9.17, 15) is 10.1 Å². The SMILES string of the molecule is COc1ccc([N+](=O)[O-])cc1CNC(CCO)C(C)C. The molecule has 0 bridgehead atoms. The lowest BCUT2D eigenvalue weighted by Gasteiger charge is -2.22. The molecule has 0 saturated carbocycles. The molecule has 6 heteroatoms. The summed E-state index contributed by atoms with van der Waals surface area (Å²) in [5.74, 6) is 0.987. The third kappa shape index (κ3) is 4.47. The first-order valence-electron chi connectivity index (χ1n) is 6.65. The van der Waals surface area contributed by atoms with Gasteiger partial charge >= 0.3 is 0 Å². The maximum atomic E-state index is 10.8. The number of methoxy groups -OCH3 is 1. The van der Waals surface area contributed by atoms with Gasteiger partial charge in [0, 0.05) is 36.9 Å². The fourth-order valence-electron chi connectivity index (χ4n) is 2.07. The summed E-state index contributed by atoms with van der Waals surface area (Å²) >= 11 is 0. The lowest BCUT2D eigenvalue weighted by atomic mass is 10.0. The van der Waals surface area contributed by atoms with Crippen LogP contribution in [0.4, 0.5) is 5.69 Å². The Bertz CT molecular complexity index is 449. The minimum atomic E-state index is -0.420. The molecule has 0 spiro atoms. The monoisotopic (exact) mass is 282 g/mol. The number of aliphatic hydroxyl groups excluding tert-OH is 1. The van der Waals surface area contributed by atoms with Crippen LogP contribution in [-0.4, -0.2) is 29.8 Å². The van der Waals surface area contributed by atoms with Crippen molar-refractivity contribution >= 4 is 5.69 Å². The van der Waals surface area contributed by atoms with E-state index in [4.69, 9.17) is 9.84 Å². The first-order chi connectivity index (χ1) is 9.49. The van der Waals surface area contributed by atoms with Crippen LogP contribution >= 0.6 is 0 Å². The van der Waals surface area contributed by atoms with Crippen molar-refractivity contribution in [2.24, 2.45) is 5.92 Å².